The molecule has 0 spiro atoms. The smallest absolute Gasteiger partial charge is 0.320 e. The fourth-order valence-electron chi connectivity index (χ4n) is 2.76. The van der Waals surface area contributed by atoms with E-state index < -0.39 is 0 Å². The van der Waals surface area contributed by atoms with Crippen LogP contribution in [0.1, 0.15) is 12.0 Å². The maximum atomic E-state index is 12.2. The first-order valence-corrected chi connectivity index (χ1v) is 8.00. The first-order chi connectivity index (χ1) is 12.1. The molecule has 1 saturated heterocycles. The number of rotatable bonds is 4. The number of ether oxygens (including phenoxy) is 1. The number of amides is 3. The van der Waals surface area contributed by atoms with Crippen LogP contribution in [0.15, 0.2) is 42.6 Å². The highest BCUT2D eigenvalue weighted by Gasteiger charge is 2.31. The Labute approximate surface area is 146 Å². The predicted octanol–water partition coefficient (Wildman–Crippen LogP) is 2.33. The molecule has 0 radical (unpaired) electrons. The van der Waals surface area contributed by atoms with E-state index in [9.17, 15) is 9.59 Å². The van der Waals surface area contributed by atoms with Gasteiger partial charge in [0.15, 0.2) is 0 Å². The van der Waals surface area contributed by atoms with Crippen LogP contribution in [0.2, 0.25) is 0 Å². The van der Waals surface area contributed by atoms with Crippen molar-refractivity contribution >= 4 is 23.4 Å². The number of carbonyl (C=O) groups excluding carboxylic acids is 2. The predicted molar refractivity (Wildman–Crippen MR) is 94.9 cm³/mol. The summed E-state index contributed by atoms with van der Waals surface area (Å²) in [5.74, 6) is 1.22. The van der Waals surface area contributed by atoms with Crippen LogP contribution in [0.4, 0.5) is 16.3 Å². The number of nitrogens with one attached hydrogen (secondary N) is 2. The lowest BCUT2D eigenvalue weighted by Crippen LogP contribution is -2.40. The molecule has 3 amide bonds. The maximum absolute atomic E-state index is 12.2. The number of nitrogens with zero attached hydrogens (tertiary/aromatic N) is 2. The lowest BCUT2D eigenvalue weighted by Gasteiger charge is -2.18. The third-order valence-electron chi connectivity index (χ3n) is 4.09. The third-order valence-corrected chi connectivity index (χ3v) is 4.09. The summed E-state index contributed by atoms with van der Waals surface area (Å²) in [6.07, 6.45) is 1.88. The minimum atomic E-state index is -0.365. The standard InChI is InChI=1S/C18H20N4O3/c1-12-4-3-9-19-17(12)21-18(24)20-13-10-16(23)22(11-13)14-5-7-15(25-2)8-6-14/h3-9,13H,10-11H2,1-2H3,(H2,19,20,21,24)/t13-/m0/s1. The van der Waals surface area contributed by atoms with E-state index >= 15 is 0 Å². The molecule has 2 N–H and O–H groups in total. The molecule has 1 fully saturated rings. The van der Waals surface area contributed by atoms with Crippen LogP contribution in [0.3, 0.4) is 0 Å². The highest BCUT2D eigenvalue weighted by Crippen LogP contribution is 2.24. The summed E-state index contributed by atoms with van der Waals surface area (Å²) in [6.45, 7) is 2.30. The summed E-state index contributed by atoms with van der Waals surface area (Å²) < 4.78 is 5.12. The SMILES string of the molecule is COc1ccc(N2C[C@@H](NC(=O)Nc3ncccc3C)CC2=O)cc1. The summed E-state index contributed by atoms with van der Waals surface area (Å²) in [4.78, 5) is 30.2. The monoisotopic (exact) mass is 340 g/mol. The molecule has 7 nitrogen and oxygen atoms in total. The highest BCUT2D eigenvalue weighted by molar-refractivity contribution is 5.97. The molecule has 2 aromatic rings. The number of urea groups is 1. The largest absolute Gasteiger partial charge is 0.497 e. The van der Waals surface area contributed by atoms with Crippen molar-refractivity contribution in [1.82, 2.24) is 10.3 Å². The van der Waals surface area contributed by atoms with Crippen LogP contribution in [0, 0.1) is 6.92 Å². The van der Waals surface area contributed by atoms with Gasteiger partial charge in [0.25, 0.3) is 0 Å². The van der Waals surface area contributed by atoms with Crippen molar-refractivity contribution in [3.05, 3.63) is 48.2 Å². The Kier molecular flexibility index (Phi) is 4.83. The second kappa shape index (κ2) is 7.21. The zero-order valence-corrected chi connectivity index (χ0v) is 14.2. The first-order valence-electron chi connectivity index (χ1n) is 8.00. The van der Waals surface area contributed by atoms with E-state index in [1.807, 2.05) is 25.1 Å². The third kappa shape index (κ3) is 3.88. The van der Waals surface area contributed by atoms with Gasteiger partial charge in [-0.3, -0.25) is 10.1 Å². The van der Waals surface area contributed by atoms with Gasteiger partial charge in [0.05, 0.1) is 13.2 Å². The molecule has 1 aromatic heterocycles. The Morgan fingerprint density at radius 1 is 1.28 bits per heavy atom. The second-order valence-electron chi connectivity index (χ2n) is 5.87. The van der Waals surface area contributed by atoms with Gasteiger partial charge in [0, 0.05) is 24.8 Å². The van der Waals surface area contributed by atoms with Gasteiger partial charge in [0.1, 0.15) is 11.6 Å². The van der Waals surface area contributed by atoms with Crippen LogP contribution in [-0.2, 0) is 4.79 Å². The summed E-state index contributed by atoms with van der Waals surface area (Å²) in [7, 11) is 1.60. The van der Waals surface area contributed by atoms with Crippen molar-refractivity contribution in [1.29, 1.82) is 0 Å². The minimum absolute atomic E-state index is 0.0236. The van der Waals surface area contributed by atoms with Crippen LogP contribution in [0.25, 0.3) is 0 Å². The quantitative estimate of drug-likeness (QED) is 0.895. The van der Waals surface area contributed by atoms with Gasteiger partial charge in [-0.15, -0.1) is 0 Å². The Morgan fingerprint density at radius 3 is 2.72 bits per heavy atom. The molecule has 130 valence electrons. The first kappa shape index (κ1) is 16.8. The molecule has 0 unspecified atom stereocenters. The van der Waals surface area contributed by atoms with Crippen molar-refractivity contribution < 1.29 is 14.3 Å². The maximum Gasteiger partial charge on any atom is 0.320 e. The molecule has 0 aliphatic carbocycles. The van der Waals surface area contributed by atoms with E-state index in [4.69, 9.17) is 4.74 Å². The van der Waals surface area contributed by atoms with Crippen molar-refractivity contribution in [3.8, 4) is 5.75 Å². The van der Waals surface area contributed by atoms with Crippen molar-refractivity contribution in [3.63, 3.8) is 0 Å². The summed E-state index contributed by atoms with van der Waals surface area (Å²) in [5.41, 5.74) is 1.66. The molecule has 2 heterocycles. The van der Waals surface area contributed by atoms with E-state index in [0.29, 0.717) is 12.4 Å². The number of aromatic nitrogens is 1. The number of pyridine rings is 1. The number of hydrogen-bond acceptors (Lipinski definition) is 4. The molecular weight excluding hydrogens is 320 g/mol. The normalized spacial score (nSPS) is 16.6. The molecule has 0 saturated carbocycles. The van der Waals surface area contributed by atoms with Gasteiger partial charge in [-0.25, -0.2) is 9.78 Å². The number of benzene rings is 1. The number of hydrogen-bond donors (Lipinski definition) is 2. The molecule has 1 aromatic carbocycles. The Balaban J connectivity index is 1.60. The number of anilines is 2. The molecular formula is C18H20N4O3. The summed E-state index contributed by atoms with van der Waals surface area (Å²) in [6, 6.07) is 10.3. The minimum Gasteiger partial charge on any atom is -0.497 e. The van der Waals surface area contributed by atoms with E-state index in [1.165, 1.54) is 0 Å². The van der Waals surface area contributed by atoms with E-state index in [-0.39, 0.29) is 24.4 Å². The van der Waals surface area contributed by atoms with Gasteiger partial charge in [-0.2, -0.15) is 0 Å². The highest BCUT2D eigenvalue weighted by atomic mass is 16.5. The van der Waals surface area contributed by atoms with Crippen molar-refractivity contribution in [2.45, 2.75) is 19.4 Å². The molecule has 25 heavy (non-hydrogen) atoms. The average molecular weight is 340 g/mol. The van der Waals surface area contributed by atoms with Gasteiger partial charge < -0.3 is 15.0 Å². The molecule has 7 heteroatoms. The Hall–Kier alpha value is -3.09. The van der Waals surface area contributed by atoms with Crippen LogP contribution < -0.4 is 20.3 Å². The summed E-state index contributed by atoms with van der Waals surface area (Å²) >= 11 is 0. The number of aryl methyl sites for hydroxylation is 1. The van der Waals surface area contributed by atoms with Crippen LogP contribution >= 0.6 is 0 Å². The van der Waals surface area contributed by atoms with Gasteiger partial charge >= 0.3 is 6.03 Å². The summed E-state index contributed by atoms with van der Waals surface area (Å²) in [5, 5.41) is 5.54. The topological polar surface area (TPSA) is 83.6 Å². The fourth-order valence-corrected chi connectivity index (χ4v) is 2.76. The molecule has 1 aliphatic rings. The molecule has 1 aliphatic heterocycles. The molecule has 1 atom stereocenters. The van der Waals surface area contributed by atoms with Gasteiger partial charge in [-0.1, -0.05) is 6.07 Å². The Bertz CT molecular complexity index is 776. The van der Waals surface area contributed by atoms with E-state index in [0.717, 1.165) is 17.0 Å². The second-order valence-corrected chi connectivity index (χ2v) is 5.87. The number of carbonyl (C=O) groups is 2. The zero-order valence-electron chi connectivity index (χ0n) is 14.2. The van der Waals surface area contributed by atoms with Gasteiger partial charge in [0.2, 0.25) is 5.91 Å². The number of methoxy groups -OCH3 is 1. The van der Waals surface area contributed by atoms with E-state index in [1.54, 1.807) is 36.4 Å². The van der Waals surface area contributed by atoms with Gasteiger partial charge in [-0.05, 0) is 42.8 Å². The van der Waals surface area contributed by atoms with Crippen LogP contribution in [0.5, 0.6) is 5.75 Å². The van der Waals surface area contributed by atoms with Crippen molar-refractivity contribution in [2.24, 2.45) is 0 Å². The molecule has 3 rings (SSSR count). The lowest BCUT2D eigenvalue weighted by molar-refractivity contribution is -0.117. The van der Waals surface area contributed by atoms with Crippen LogP contribution in [-0.4, -0.2) is 36.6 Å². The average Bonchev–Trinajstić information content (AvgIpc) is 2.97. The Morgan fingerprint density at radius 2 is 2.04 bits per heavy atom. The lowest BCUT2D eigenvalue weighted by atomic mass is 10.2. The fraction of sp³-hybridized carbons (Fsp3) is 0.278. The molecule has 0 bridgehead atoms. The van der Waals surface area contributed by atoms with Crippen molar-refractivity contribution in [2.75, 3.05) is 23.9 Å². The van der Waals surface area contributed by atoms with E-state index in [2.05, 4.69) is 15.6 Å². The zero-order chi connectivity index (χ0) is 17.8.